The molecule has 1 fully saturated rings. The normalized spacial score (nSPS) is 20.0. The maximum atomic E-state index is 4.33. The molecule has 1 saturated heterocycles. The first kappa shape index (κ1) is 18.8. The van der Waals surface area contributed by atoms with E-state index in [1.807, 2.05) is 7.05 Å². The Labute approximate surface area is 147 Å². The van der Waals surface area contributed by atoms with Gasteiger partial charge >= 0.3 is 0 Å². The van der Waals surface area contributed by atoms with Crippen LogP contribution in [0.2, 0.25) is 0 Å². The summed E-state index contributed by atoms with van der Waals surface area (Å²) in [4.78, 5) is 6.92. The van der Waals surface area contributed by atoms with Crippen LogP contribution in [0, 0.1) is 5.92 Å². The molecule has 0 bridgehead atoms. The van der Waals surface area contributed by atoms with Gasteiger partial charge in [-0.05, 0) is 57.2 Å². The number of likely N-dealkylation sites (tertiary alicyclic amines) is 1. The van der Waals surface area contributed by atoms with Crippen molar-refractivity contribution < 1.29 is 0 Å². The highest BCUT2D eigenvalue weighted by atomic mass is 15.2. The Morgan fingerprint density at radius 2 is 1.96 bits per heavy atom. The topological polar surface area (TPSA) is 39.7 Å². The molecule has 0 aromatic heterocycles. The van der Waals surface area contributed by atoms with Crippen molar-refractivity contribution in [3.8, 4) is 0 Å². The van der Waals surface area contributed by atoms with Crippen molar-refractivity contribution in [2.24, 2.45) is 10.9 Å². The third-order valence-corrected chi connectivity index (χ3v) is 4.42. The summed E-state index contributed by atoms with van der Waals surface area (Å²) in [6, 6.07) is 8.75. The van der Waals surface area contributed by atoms with Crippen molar-refractivity contribution in [2.75, 3.05) is 20.1 Å². The fourth-order valence-corrected chi connectivity index (χ4v) is 3.27. The molecule has 1 atom stereocenters. The molecule has 4 heteroatoms. The van der Waals surface area contributed by atoms with Gasteiger partial charge in [0.05, 0.1) is 0 Å². The van der Waals surface area contributed by atoms with Crippen LogP contribution in [-0.2, 0) is 13.1 Å². The van der Waals surface area contributed by atoms with E-state index in [4.69, 9.17) is 0 Å². The van der Waals surface area contributed by atoms with E-state index in [-0.39, 0.29) is 5.54 Å². The zero-order chi connectivity index (χ0) is 17.6. The van der Waals surface area contributed by atoms with Crippen molar-refractivity contribution in [3.05, 3.63) is 35.4 Å². The standard InChI is InChI=1S/C20H34N4/c1-16-9-8-12-24(14-16)15-18-11-7-6-10-17(18)13-22-19(21-5)23-20(2,3)4/h6-7,10-11,16H,8-9,12-15H2,1-5H3,(H2,21,22,23). The monoisotopic (exact) mass is 330 g/mol. The van der Waals surface area contributed by atoms with E-state index < -0.39 is 0 Å². The van der Waals surface area contributed by atoms with Crippen LogP contribution in [0.4, 0.5) is 0 Å². The summed E-state index contributed by atoms with van der Waals surface area (Å²) in [7, 11) is 1.82. The highest BCUT2D eigenvalue weighted by Crippen LogP contribution is 2.19. The summed E-state index contributed by atoms with van der Waals surface area (Å²) in [6.45, 7) is 13.1. The predicted molar refractivity (Wildman–Crippen MR) is 103 cm³/mol. The molecule has 0 saturated carbocycles. The number of hydrogen-bond acceptors (Lipinski definition) is 2. The van der Waals surface area contributed by atoms with Crippen LogP contribution in [0.5, 0.6) is 0 Å². The van der Waals surface area contributed by atoms with E-state index in [0.717, 1.165) is 25.0 Å². The second-order valence-electron chi connectivity index (χ2n) is 8.05. The van der Waals surface area contributed by atoms with Gasteiger partial charge in [-0.3, -0.25) is 9.89 Å². The van der Waals surface area contributed by atoms with Crippen LogP contribution >= 0.6 is 0 Å². The first-order valence-corrected chi connectivity index (χ1v) is 9.15. The lowest BCUT2D eigenvalue weighted by atomic mass is 9.99. The van der Waals surface area contributed by atoms with Crippen LogP contribution in [0.25, 0.3) is 0 Å². The van der Waals surface area contributed by atoms with Gasteiger partial charge in [0.1, 0.15) is 0 Å². The van der Waals surface area contributed by atoms with E-state index in [1.54, 1.807) is 0 Å². The van der Waals surface area contributed by atoms with Gasteiger partial charge in [-0.1, -0.05) is 31.2 Å². The molecule has 0 radical (unpaired) electrons. The Morgan fingerprint density at radius 1 is 1.25 bits per heavy atom. The Morgan fingerprint density at radius 3 is 2.58 bits per heavy atom. The summed E-state index contributed by atoms with van der Waals surface area (Å²) in [6.07, 6.45) is 2.69. The molecule has 24 heavy (non-hydrogen) atoms. The van der Waals surface area contributed by atoms with Gasteiger partial charge in [0, 0.05) is 32.2 Å². The van der Waals surface area contributed by atoms with Gasteiger partial charge in [-0.15, -0.1) is 0 Å². The van der Waals surface area contributed by atoms with Crippen molar-refractivity contribution >= 4 is 5.96 Å². The molecule has 1 heterocycles. The first-order chi connectivity index (χ1) is 11.4. The molecule has 0 spiro atoms. The van der Waals surface area contributed by atoms with Crippen LogP contribution < -0.4 is 10.6 Å². The maximum absolute atomic E-state index is 4.33. The van der Waals surface area contributed by atoms with Crippen LogP contribution in [0.15, 0.2) is 29.3 Å². The zero-order valence-corrected chi connectivity index (χ0v) is 16.0. The molecular formula is C20H34N4. The minimum Gasteiger partial charge on any atom is -0.352 e. The van der Waals surface area contributed by atoms with Gasteiger partial charge < -0.3 is 10.6 Å². The molecule has 1 aromatic rings. The van der Waals surface area contributed by atoms with Crippen molar-refractivity contribution in [1.29, 1.82) is 0 Å². The zero-order valence-electron chi connectivity index (χ0n) is 16.0. The second-order valence-corrected chi connectivity index (χ2v) is 8.05. The number of benzene rings is 1. The molecule has 2 N–H and O–H groups in total. The lowest BCUT2D eigenvalue weighted by molar-refractivity contribution is 0.176. The molecule has 1 unspecified atom stereocenters. The summed E-state index contributed by atoms with van der Waals surface area (Å²) >= 11 is 0. The SMILES string of the molecule is CN=C(NCc1ccccc1CN1CCCC(C)C1)NC(C)(C)C. The fourth-order valence-electron chi connectivity index (χ4n) is 3.27. The van der Waals surface area contributed by atoms with Crippen LogP contribution in [0.3, 0.4) is 0 Å². The van der Waals surface area contributed by atoms with E-state index in [0.29, 0.717) is 0 Å². The quantitative estimate of drug-likeness (QED) is 0.657. The Bertz CT molecular complexity index is 545. The summed E-state index contributed by atoms with van der Waals surface area (Å²) < 4.78 is 0. The summed E-state index contributed by atoms with van der Waals surface area (Å²) in [5, 5.41) is 6.86. The Hall–Kier alpha value is -1.55. The molecule has 4 nitrogen and oxygen atoms in total. The highest BCUT2D eigenvalue weighted by molar-refractivity contribution is 5.80. The van der Waals surface area contributed by atoms with Gasteiger partial charge in [-0.2, -0.15) is 0 Å². The van der Waals surface area contributed by atoms with E-state index in [1.165, 1.54) is 37.1 Å². The minimum atomic E-state index is 0.00526. The molecular weight excluding hydrogens is 296 g/mol. The van der Waals surface area contributed by atoms with Crippen LogP contribution in [-0.4, -0.2) is 36.5 Å². The lowest BCUT2D eigenvalue weighted by Gasteiger charge is -2.31. The average Bonchev–Trinajstić information content (AvgIpc) is 2.51. The largest absolute Gasteiger partial charge is 0.352 e. The number of hydrogen-bond donors (Lipinski definition) is 2. The number of aliphatic imine (C=N–C) groups is 1. The molecule has 134 valence electrons. The van der Waals surface area contributed by atoms with E-state index >= 15 is 0 Å². The van der Waals surface area contributed by atoms with Crippen LogP contribution in [0.1, 0.15) is 51.7 Å². The fraction of sp³-hybridized carbons (Fsp3) is 0.650. The number of rotatable bonds is 4. The Kier molecular flexibility index (Phi) is 6.67. The van der Waals surface area contributed by atoms with Crippen molar-refractivity contribution in [1.82, 2.24) is 15.5 Å². The second kappa shape index (κ2) is 8.52. The summed E-state index contributed by atoms with van der Waals surface area (Å²) in [5.41, 5.74) is 2.78. The number of guanidine groups is 1. The average molecular weight is 331 g/mol. The lowest BCUT2D eigenvalue weighted by Crippen LogP contribution is -2.47. The molecule has 0 amide bonds. The molecule has 1 aliphatic rings. The molecule has 1 aliphatic heterocycles. The van der Waals surface area contributed by atoms with Gasteiger partial charge in [0.15, 0.2) is 5.96 Å². The molecule has 0 aliphatic carbocycles. The van der Waals surface area contributed by atoms with Crippen molar-refractivity contribution in [3.63, 3.8) is 0 Å². The molecule has 2 rings (SSSR count). The minimum absolute atomic E-state index is 0.00526. The molecule has 1 aromatic carbocycles. The first-order valence-electron chi connectivity index (χ1n) is 9.15. The number of piperidine rings is 1. The third kappa shape index (κ3) is 6.16. The Balaban J connectivity index is 1.98. The van der Waals surface area contributed by atoms with Gasteiger partial charge in [0.25, 0.3) is 0 Å². The highest BCUT2D eigenvalue weighted by Gasteiger charge is 2.17. The van der Waals surface area contributed by atoms with Gasteiger partial charge in [0.2, 0.25) is 0 Å². The van der Waals surface area contributed by atoms with E-state index in [2.05, 4.69) is 72.5 Å². The maximum Gasteiger partial charge on any atom is 0.191 e. The van der Waals surface area contributed by atoms with Gasteiger partial charge in [-0.25, -0.2) is 0 Å². The third-order valence-electron chi connectivity index (χ3n) is 4.42. The van der Waals surface area contributed by atoms with Crippen molar-refractivity contribution in [2.45, 2.75) is 59.2 Å². The van der Waals surface area contributed by atoms with E-state index in [9.17, 15) is 0 Å². The number of nitrogens with zero attached hydrogens (tertiary/aromatic N) is 2. The number of nitrogens with one attached hydrogen (secondary N) is 2. The predicted octanol–water partition coefficient (Wildman–Crippen LogP) is 3.38. The summed E-state index contributed by atoms with van der Waals surface area (Å²) in [5.74, 6) is 1.67. The smallest absolute Gasteiger partial charge is 0.191 e.